The van der Waals surface area contributed by atoms with E-state index in [2.05, 4.69) is 9.97 Å². The summed E-state index contributed by atoms with van der Waals surface area (Å²) in [6.45, 7) is -0.0591. The normalized spacial score (nSPS) is 10.6. The highest BCUT2D eigenvalue weighted by Crippen LogP contribution is 2.33. The molecule has 1 heterocycles. The molecule has 2 aromatic carbocycles. The van der Waals surface area contributed by atoms with Gasteiger partial charge in [-0.1, -0.05) is 46.9 Å². The lowest BCUT2D eigenvalue weighted by molar-refractivity contribution is -0.497. The molecular weight excluding hydrogens is 350 g/mol. The lowest BCUT2D eigenvalue weighted by Gasteiger charge is -2.15. The van der Waals surface area contributed by atoms with Crippen molar-refractivity contribution in [1.29, 1.82) is 0 Å². The average Bonchev–Trinajstić information content (AvgIpc) is 2.59. The van der Waals surface area contributed by atoms with E-state index >= 15 is 0 Å². The zero-order valence-electron chi connectivity index (χ0n) is 12.6. The van der Waals surface area contributed by atoms with Crippen molar-refractivity contribution >= 4 is 34.0 Å². The lowest BCUT2D eigenvalue weighted by atomic mass is 10.2. The van der Waals surface area contributed by atoms with Crippen LogP contribution in [-0.4, -0.2) is 19.9 Å². The van der Waals surface area contributed by atoms with Gasteiger partial charge in [-0.3, -0.25) is 10.1 Å². The fourth-order valence-electron chi connectivity index (χ4n) is 2.36. The van der Waals surface area contributed by atoms with Crippen molar-refractivity contribution in [3.63, 3.8) is 0 Å². The molecule has 0 spiro atoms. The third-order valence-corrected chi connectivity index (χ3v) is 3.80. The summed E-state index contributed by atoms with van der Waals surface area (Å²) in [7, 11) is 0. The second kappa shape index (κ2) is 6.65. The van der Waals surface area contributed by atoms with Gasteiger partial charge >= 0.3 is 0 Å². The van der Waals surface area contributed by atoms with Gasteiger partial charge in [0.2, 0.25) is 5.82 Å². The summed E-state index contributed by atoms with van der Waals surface area (Å²) in [5, 5.41) is 22.9. The molecule has 9 nitrogen and oxygen atoms in total. The van der Waals surface area contributed by atoms with Crippen LogP contribution >= 0.6 is 11.6 Å². The summed E-state index contributed by atoms with van der Waals surface area (Å²) < 4.78 is 0. The molecule has 0 amide bonds. The standard InChI is InChI=1S/C15H10ClN5O4/c16-12-7-13-11(6-14(12)20(22)23)15(18-9-17-13)19(21(24)25)8-10-4-2-1-3-5-10/h1-7,9H,8H2. The first-order valence-corrected chi connectivity index (χ1v) is 7.39. The SMILES string of the molecule is O=[N+]([O-])c1cc2c(N(Cc3ccccc3)[N+](=O)[O-])ncnc2cc1Cl. The van der Waals surface area contributed by atoms with Crippen LogP contribution in [0.5, 0.6) is 0 Å². The van der Waals surface area contributed by atoms with E-state index in [0.29, 0.717) is 5.56 Å². The van der Waals surface area contributed by atoms with Crippen LogP contribution in [0.3, 0.4) is 0 Å². The molecule has 0 bridgehead atoms. The van der Waals surface area contributed by atoms with Crippen LogP contribution in [0, 0.1) is 20.2 Å². The molecule has 0 aliphatic rings. The van der Waals surface area contributed by atoms with Gasteiger partial charge in [-0.2, -0.15) is 0 Å². The predicted octanol–water partition coefficient (Wildman–Crippen LogP) is 3.39. The van der Waals surface area contributed by atoms with Gasteiger partial charge in [0.25, 0.3) is 5.69 Å². The van der Waals surface area contributed by atoms with Crippen molar-refractivity contribution in [3.8, 4) is 0 Å². The number of fused-ring (bicyclic) bond motifs is 1. The highest BCUT2D eigenvalue weighted by Gasteiger charge is 2.25. The maximum atomic E-state index is 11.5. The van der Waals surface area contributed by atoms with Gasteiger partial charge < -0.3 is 0 Å². The molecule has 0 N–H and O–H groups in total. The number of hydrogen-bond donors (Lipinski definition) is 0. The molecular formula is C15H10ClN5O4. The molecule has 0 fully saturated rings. The Kier molecular flexibility index (Phi) is 4.40. The smallest absolute Gasteiger partial charge is 0.258 e. The minimum absolute atomic E-state index is 0.0429. The summed E-state index contributed by atoms with van der Waals surface area (Å²) in [6.07, 6.45) is 1.15. The number of hydrazine groups is 1. The second-order valence-electron chi connectivity index (χ2n) is 5.06. The van der Waals surface area contributed by atoms with E-state index in [1.54, 1.807) is 30.3 Å². The Morgan fingerprint density at radius 1 is 1.08 bits per heavy atom. The van der Waals surface area contributed by atoms with E-state index in [9.17, 15) is 20.2 Å². The topological polar surface area (TPSA) is 115 Å². The van der Waals surface area contributed by atoms with E-state index in [-0.39, 0.29) is 34.0 Å². The van der Waals surface area contributed by atoms with Gasteiger partial charge in [-0.25, -0.2) is 20.1 Å². The highest BCUT2D eigenvalue weighted by molar-refractivity contribution is 6.33. The fourth-order valence-corrected chi connectivity index (χ4v) is 2.59. The van der Waals surface area contributed by atoms with Crippen LogP contribution in [0.2, 0.25) is 5.02 Å². The number of rotatable bonds is 5. The summed E-state index contributed by atoms with van der Waals surface area (Å²) in [6, 6.07) is 11.2. The summed E-state index contributed by atoms with van der Waals surface area (Å²) >= 11 is 5.87. The number of anilines is 1. The summed E-state index contributed by atoms with van der Waals surface area (Å²) in [5.74, 6) is -0.0429. The van der Waals surface area contributed by atoms with Gasteiger partial charge in [0.15, 0.2) is 5.03 Å². The molecule has 0 atom stereocenters. The molecule has 0 radical (unpaired) electrons. The minimum atomic E-state index is -0.660. The highest BCUT2D eigenvalue weighted by atomic mass is 35.5. The average molecular weight is 360 g/mol. The number of nitro groups is 2. The quantitative estimate of drug-likeness (QED) is 0.506. The minimum Gasteiger partial charge on any atom is -0.258 e. The monoisotopic (exact) mass is 359 g/mol. The molecule has 0 aliphatic heterocycles. The maximum Gasteiger partial charge on any atom is 0.288 e. The van der Waals surface area contributed by atoms with Gasteiger partial charge in [0, 0.05) is 6.07 Å². The number of aromatic nitrogens is 2. The number of halogens is 1. The summed E-state index contributed by atoms with van der Waals surface area (Å²) in [4.78, 5) is 29.9. The molecule has 25 heavy (non-hydrogen) atoms. The van der Waals surface area contributed by atoms with E-state index in [1.807, 2.05) is 0 Å². The Balaban J connectivity index is 2.15. The first kappa shape index (κ1) is 16.5. The molecule has 0 saturated carbocycles. The fraction of sp³-hybridized carbons (Fsp3) is 0.0667. The number of hydrogen-bond acceptors (Lipinski definition) is 6. The zero-order valence-corrected chi connectivity index (χ0v) is 13.3. The van der Waals surface area contributed by atoms with Crippen LogP contribution < -0.4 is 5.01 Å². The molecule has 0 aliphatic carbocycles. The molecule has 0 unspecified atom stereocenters. The zero-order chi connectivity index (χ0) is 18.0. The summed E-state index contributed by atoms with van der Waals surface area (Å²) in [5.41, 5.74) is 0.600. The van der Waals surface area contributed by atoms with Crippen molar-refractivity contribution in [3.05, 3.63) is 79.6 Å². The number of nitrogens with zero attached hydrogens (tertiary/aromatic N) is 5. The largest absolute Gasteiger partial charge is 0.288 e. The van der Waals surface area contributed by atoms with Crippen LogP contribution in [0.15, 0.2) is 48.8 Å². The van der Waals surface area contributed by atoms with E-state index in [4.69, 9.17) is 11.6 Å². The third-order valence-electron chi connectivity index (χ3n) is 3.50. The van der Waals surface area contributed by atoms with Crippen LogP contribution in [0.25, 0.3) is 10.9 Å². The maximum absolute atomic E-state index is 11.5. The van der Waals surface area contributed by atoms with Crippen molar-refractivity contribution in [1.82, 2.24) is 9.97 Å². The Bertz CT molecular complexity index is 967. The Morgan fingerprint density at radius 2 is 1.80 bits per heavy atom. The molecule has 3 aromatic rings. The first-order valence-electron chi connectivity index (χ1n) is 7.02. The van der Waals surface area contributed by atoms with Crippen LogP contribution in [0.1, 0.15) is 5.56 Å². The Hall–Kier alpha value is -3.33. The molecule has 10 heteroatoms. The van der Waals surface area contributed by atoms with Crippen LogP contribution in [-0.2, 0) is 6.54 Å². The van der Waals surface area contributed by atoms with E-state index in [0.717, 1.165) is 17.4 Å². The van der Waals surface area contributed by atoms with Gasteiger partial charge in [-0.15, -0.1) is 0 Å². The Labute approximate surface area is 145 Å². The molecule has 126 valence electrons. The molecule has 1 aromatic heterocycles. The first-order chi connectivity index (χ1) is 12.0. The third kappa shape index (κ3) is 3.31. The van der Waals surface area contributed by atoms with E-state index < -0.39 is 9.96 Å². The van der Waals surface area contributed by atoms with Crippen LogP contribution in [0.4, 0.5) is 11.5 Å². The van der Waals surface area contributed by atoms with Crippen molar-refractivity contribution in [2.45, 2.75) is 6.54 Å². The van der Waals surface area contributed by atoms with Crippen molar-refractivity contribution < 1.29 is 9.96 Å². The number of benzene rings is 2. The van der Waals surface area contributed by atoms with Gasteiger partial charge in [0.05, 0.1) is 15.8 Å². The molecule has 0 saturated heterocycles. The molecule has 3 rings (SSSR count). The second-order valence-corrected chi connectivity index (χ2v) is 5.46. The Morgan fingerprint density at radius 3 is 2.44 bits per heavy atom. The van der Waals surface area contributed by atoms with Crippen molar-refractivity contribution in [2.75, 3.05) is 5.01 Å². The van der Waals surface area contributed by atoms with E-state index in [1.165, 1.54) is 6.07 Å². The van der Waals surface area contributed by atoms with Gasteiger partial charge in [0.1, 0.15) is 17.9 Å². The lowest BCUT2D eigenvalue weighted by Crippen LogP contribution is -2.30. The number of nitro benzene ring substituents is 1. The predicted molar refractivity (Wildman–Crippen MR) is 90.8 cm³/mol. The van der Waals surface area contributed by atoms with Gasteiger partial charge in [-0.05, 0) is 11.6 Å². The van der Waals surface area contributed by atoms with Crippen molar-refractivity contribution in [2.24, 2.45) is 0 Å².